The molecule has 2 unspecified atom stereocenters. The van der Waals surface area contributed by atoms with Gasteiger partial charge in [-0.3, -0.25) is 4.99 Å². The number of hydrogen-bond donors (Lipinski definition) is 1. The normalized spacial score (nSPS) is 14.1. The molecule has 2 atom stereocenters. The van der Waals surface area contributed by atoms with Crippen LogP contribution in [0.5, 0.6) is 0 Å². The topological polar surface area (TPSA) is 77.0 Å². The first-order valence-corrected chi connectivity index (χ1v) is 13.4. The van der Waals surface area contributed by atoms with Gasteiger partial charge in [0.15, 0.2) is 6.04 Å². The molecule has 0 aromatic heterocycles. The van der Waals surface area contributed by atoms with E-state index in [1.807, 2.05) is 108 Å². The molecule has 0 bridgehead atoms. The van der Waals surface area contributed by atoms with E-state index in [1.165, 1.54) is 0 Å². The number of carbonyl (C=O) groups is 2. The second-order valence-electron chi connectivity index (χ2n) is 11.8. The highest BCUT2D eigenvalue weighted by molar-refractivity contribution is 6.24. The summed E-state index contributed by atoms with van der Waals surface area (Å²) < 4.78 is 11.4. The summed E-state index contributed by atoms with van der Waals surface area (Å²) >= 11 is 0. The summed E-state index contributed by atoms with van der Waals surface area (Å²) in [5.74, 6) is -0.494. The zero-order valence-corrected chi connectivity index (χ0v) is 23.7. The maximum atomic E-state index is 13.8. The van der Waals surface area contributed by atoms with Crippen LogP contribution in [0.4, 0.5) is 4.79 Å². The average Bonchev–Trinajstić information content (AvgIpc) is 3.17. The fourth-order valence-corrected chi connectivity index (χ4v) is 4.68. The van der Waals surface area contributed by atoms with Crippen molar-refractivity contribution in [3.8, 4) is 11.1 Å². The molecule has 3 aromatic carbocycles. The third kappa shape index (κ3) is 7.34. The molecule has 6 nitrogen and oxygen atoms in total. The average molecular weight is 527 g/mol. The van der Waals surface area contributed by atoms with Crippen LogP contribution in [-0.2, 0) is 20.7 Å². The zero-order chi connectivity index (χ0) is 28.2. The van der Waals surface area contributed by atoms with Gasteiger partial charge in [-0.05, 0) is 71.1 Å². The van der Waals surface area contributed by atoms with Crippen molar-refractivity contribution in [2.75, 3.05) is 0 Å². The molecule has 0 saturated heterocycles. The highest BCUT2D eigenvalue weighted by Gasteiger charge is 2.36. The van der Waals surface area contributed by atoms with E-state index in [-0.39, 0.29) is 0 Å². The number of nitrogens with one attached hydrogen (secondary N) is 1. The zero-order valence-electron chi connectivity index (χ0n) is 23.7. The van der Waals surface area contributed by atoms with Crippen molar-refractivity contribution in [1.82, 2.24) is 5.32 Å². The summed E-state index contributed by atoms with van der Waals surface area (Å²) in [5, 5.41) is 2.96. The molecule has 0 heterocycles. The van der Waals surface area contributed by atoms with Crippen LogP contribution in [0.3, 0.4) is 0 Å². The number of benzene rings is 3. The smallest absolute Gasteiger partial charge is 0.407 e. The van der Waals surface area contributed by atoms with Crippen molar-refractivity contribution < 1.29 is 19.1 Å². The summed E-state index contributed by atoms with van der Waals surface area (Å²) in [5.41, 5.74) is 4.43. The standard InChI is InChI=1S/C33H38N2O4/c1-32(2,3)38-30(36)29(35-28-25-18-12-10-16-23(25)24-17-11-13-19-26(24)28)27(34-31(37)39-33(4,5)6)21-20-22-14-8-7-9-15-22/h7-19,27,29H,20-21H2,1-6H3,(H,34,37). The molecule has 0 spiro atoms. The molecule has 4 rings (SSSR count). The molecule has 0 saturated carbocycles. The maximum Gasteiger partial charge on any atom is 0.407 e. The molecular weight excluding hydrogens is 488 g/mol. The van der Waals surface area contributed by atoms with E-state index in [2.05, 4.69) is 17.4 Å². The van der Waals surface area contributed by atoms with Gasteiger partial charge in [-0.2, -0.15) is 0 Å². The molecule has 1 aliphatic rings. The SMILES string of the molecule is CC(C)(C)OC(=O)NC(CCc1ccccc1)C(N=C1c2ccccc2-c2ccccc21)C(=O)OC(C)(C)C. The number of hydrogen-bond acceptors (Lipinski definition) is 5. The van der Waals surface area contributed by atoms with E-state index in [9.17, 15) is 9.59 Å². The van der Waals surface area contributed by atoms with Gasteiger partial charge in [0.25, 0.3) is 0 Å². The molecule has 6 heteroatoms. The summed E-state index contributed by atoms with van der Waals surface area (Å²) in [7, 11) is 0. The maximum absolute atomic E-state index is 13.8. The van der Waals surface area contributed by atoms with Gasteiger partial charge in [-0.15, -0.1) is 0 Å². The van der Waals surface area contributed by atoms with Crippen LogP contribution < -0.4 is 5.32 Å². The second kappa shape index (κ2) is 11.4. The number of ether oxygens (including phenoxy) is 2. The van der Waals surface area contributed by atoms with Gasteiger partial charge in [0, 0.05) is 11.1 Å². The lowest BCUT2D eigenvalue weighted by atomic mass is 9.98. The van der Waals surface area contributed by atoms with Crippen molar-refractivity contribution in [3.63, 3.8) is 0 Å². The molecule has 1 amide bonds. The van der Waals surface area contributed by atoms with Gasteiger partial charge in [0.1, 0.15) is 11.2 Å². The molecule has 0 aliphatic heterocycles. The van der Waals surface area contributed by atoms with Crippen LogP contribution in [0.2, 0.25) is 0 Å². The van der Waals surface area contributed by atoms with E-state index >= 15 is 0 Å². The molecule has 204 valence electrons. The van der Waals surface area contributed by atoms with Crippen LogP contribution in [-0.4, -0.2) is 41.1 Å². The summed E-state index contributed by atoms with van der Waals surface area (Å²) in [6.45, 7) is 10.9. The third-order valence-corrected chi connectivity index (χ3v) is 6.24. The van der Waals surface area contributed by atoms with E-state index in [0.717, 1.165) is 27.8 Å². The number of nitrogens with zero attached hydrogens (tertiary/aromatic N) is 1. The van der Waals surface area contributed by atoms with Crippen LogP contribution in [0.1, 0.15) is 64.7 Å². The first-order chi connectivity index (χ1) is 18.4. The molecule has 39 heavy (non-hydrogen) atoms. The van der Waals surface area contributed by atoms with E-state index in [1.54, 1.807) is 0 Å². The summed E-state index contributed by atoms with van der Waals surface area (Å²) in [6.07, 6.45) is 0.507. The molecule has 0 radical (unpaired) electrons. The van der Waals surface area contributed by atoms with Gasteiger partial charge in [-0.1, -0.05) is 78.9 Å². The van der Waals surface area contributed by atoms with Gasteiger partial charge in [0.05, 0.1) is 11.8 Å². The number of aliphatic imine (C=N–C) groups is 1. The quantitative estimate of drug-likeness (QED) is 0.271. The Morgan fingerprint density at radius 2 is 1.21 bits per heavy atom. The number of amides is 1. The molecule has 3 aromatic rings. The van der Waals surface area contributed by atoms with Crippen molar-refractivity contribution in [1.29, 1.82) is 0 Å². The minimum Gasteiger partial charge on any atom is -0.458 e. The largest absolute Gasteiger partial charge is 0.458 e. The highest BCUT2D eigenvalue weighted by Crippen LogP contribution is 2.37. The molecule has 0 fully saturated rings. The second-order valence-corrected chi connectivity index (χ2v) is 11.8. The van der Waals surface area contributed by atoms with E-state index in [4.69, 9.17) is 14.5 Å². The first-order valence-electron chi connectivity index (χ1n) is 13.4. The minimum absolute atomic E-state index is 0.466. The molecular formula is C33H38N2O4. The van der Waals surface area contributed by atoms with Gasteiger partial charge in [0.2, 0.25) is 0 Å². The number of carbonyl (C=O) groups excluding carboxylic acids is 2. The Bertz CT molecular complexity index is 1300. The Morgan fingerprint density at radius 3 is 1.72 bits per heavy atom. The Hall–Kier alpha value is -3.93. The molecule has 1 N–H and O–H groups in total. The van der Waals surface area contributed by atoms with Crippen LogP contribution in [0.15, 0.2) is 83.9 Å². The van der Waals surface area contributed by atoms with Gasteiger partial charge >= 0.3 is 12.1 Å². The lowest BCUT2D eigenvalue weighted by molar-refractivity contribution is -0.157. The van der Waals surface area contributed by atoms with Crippen molar-refractivity contribution in [2.24, 2.45) is 4.99 Å². The summed E-state index contributed by atoms with van der Waals surface area (Å²) in [6, 6.07) is 24.4. The van der Waals surface area contributed by atoms with Gasteiger partial charge < -0.3 is 14.8 Å². The number of aryl methyl sites for hydroxylation is 1. The minimum atomic E-state index is -0.991. The fourth-order valence-electron chi connectivity index (χ4n) is 4.68. The molecule has 1 aliphatic carbocycles. The van der Waals surface area contributed by atoms with E-state index in [0.29, 0.717) is 18.6 Å². The van der Waals surface area contributed by atoms with E-state index < -0.39 is 35.3 Å². The predicted molar refractivity (Wildman–Crippen MR) is 155 cm³/mol. The van der Waals surface area contributed by atoms with Crippen molar-refractivity contribution in [2.45, 2.75) is 77.7 Å². The fraction of sp³-hybridized carbons (Fsp3) is 0.364. The first kappa shape index (κ1) is 28.1. The Labute approximate surface area is 231 Å². The monoisotopic (exact) mass is 526 g/mol. The van der Waals surface area contributed by atoms with Crippen molar-refractivity contribution in [3.05, 3.63) is 95.6 Å². The number of alkyl carbamates (subject to hydrolysis) is 1. The van der Waals surface area contributed by atoms with Crippen LogP contribution in [0.25, 0.3) is 11.1 Å². The Kier molecular flexibility index (Phi) is 8.24. The Balaban J connectivity index is 1.78. The van der Waals surface area contributed by atoms with Gasteiger partial charge in [-0.25, -0.2) is 9.59 Å². The predicted octanol–water partition coefficient (Wildman–Crippen LogP) is 6.74. The van der Waals surface area contributed by atoms with Crippen LogP contribution >= 0.6 is 0 Å². The number of rotatable bonds is 7. The number of esters is 1. The lowest BCUT2D eigenvalue weighted by Crippen LogP contribution is -2.49. The third-order valence-electron chi connectivity index (χ3n) is 6.24. The summed E-state index contributed by atoms with van der Waals surface area (Å²) in [4.78, 5) is 31.8. The van der Waals surface area contributed by atoms with Crippen LogP contribution in [0, 0.1) is 0 Å². The van der Waals surface area contributed by atoms with Crippen molar-refractivity contribution >= 4 is 17.8 Å². The number of fused-ring (bicyclic) bond motifs is 3. The lowest BCUT2D eigenvalue weighted by Gasteiger charge is -2.29. The highest BCUT2D eigenvalue weighted by atomic mass is 16.6. The Morgan fingerprint density at radius 1 is 0.718 bits per heavy atom.